The summed E-state index contributed by atoms with van der Waals surface area (Å²) in [5.74, 6) is -3.11. The van der Waals surface area contributed by atoms with E-state index in [1.165, 1.54) is 4.90 Å². The predicted octanol–water partition coefficient (Wildman–Crippen LogP) is 2.92. The molecule has 3 amide bonds. The highest BCUT2D eigenvalue weighted by Gasteiger charge is 2.75. The number of unbranched alkanes of at least 4 members (excludes halogenated alkanes) is 1. The highest BCUT2D eigenvalue weighted by molar-refractivity contribution is 5.99. The number of carbonyl (C=O) groups excluding carboxylic acids is 4. The van der Waals surface area contributed by atoms with E-state index < -0.39 is 47.6 Å². The Labute approximate surface area is 254 Å². The third kappa shape index (κ3) is 6.40. The summed E-state index contributed by atoms with van der Waals surface area (Å²) >= 11 is 0. The van der Waals surface area contributed by atoms with E-state index in [0.29, 0.717) is 32.4 Å². The zero-order valence-corrected chi connectivity index (χ0v) is 25.3. The van der Waals surface area contributed by atoms with Crippen molar-refractivity contribution in [3.05, 3.63) is 61.2 Å². The van der Waals surface area contributed by atoms with Gasteiger partial charge in [-0.3, -0.25) is 19.2 Å². The summed E-state index contributed by atoms with van der Waals surface area (Å²) in [6.45, 7) is 11.6. The maximum atomic E-state index is 14.2. The van der Waals surface area contributed by atoms with Crippen LogP contribution in [0, 0.1) is 11.8 Å². The van der Waals surface area contributed by atoms with Gasteiger partial charge in [-0.05, 0) is 38.2 Å². The molecule has 0 saturated carbocycles. The van der Waals surface area contributed by atoms with Gasteiger partial charge in [-0.2, -0.15) is 0 Å². The van der Waals surface area contributed by atoms with Crippen molar-refractivity contribution in [2.75, 3.05) is 26.3 Å². The van der Waals surface area contributed by atoms with Crippen LogP contribution in [0.2, 0.25) is 0 Å². The fourth-order valence-electron chi connectivity index (χ4n) is 6.84. The Morgan fingerprint density at radius 2 is 2.00 bits per heavy atom. The molecule has 2 bridgehead atoms. The van der Waals surface area contributed by atoms with Crippen molar-refractivity contribution in [3.63, 3.8) is 0 Å². The standard InChI is InChI=1S/C33H45N3O7/c1-5-8-15-26(38)42-21-24(23-13-11-10-12-14-23)34-30(39)27-25-16-17-33(43-25)28(27)31(40)36(22(4)20-37)29(33)32(41)35(18-7-3)19-9-6-2/h5,7,10-14,22,24-25,27-29,37H,1,3,6,8-9,15-21H2,2,4H3,(H,34,39)/t22-,24-,25+,27-,28-,29+,33-/m1/s1. The van der Waals surface area contributed by atoms with Crippen molar-refractivity contribution in [1.29, 1.82) is 0 Å². The van der Waals surface area contributed by atoms with E-state index in [9.17, 15) is 24.3 Å². The van der Waals surface area contributed by atoms with Crippen molar-refractivity contribution in [2.45, 2.75) is 82.2 Å². The Morgan fingerprint density at radius 1 is 1.26 bits per heavy atom. The summed E-state index contributed by atoms with van der Waals surface area (Å²) in [4.78, 5) is 57.8. The molecule has 43 heavy (non-hydrogen) atoms. The average molecular weight is 596 g/mol. The molecule has 0 radical (unpaired) electrons. The number of esters is 1. The lowest BCUT2D eigenvalue weighted by molar-refractivity contribution is -0.151. The van der Waals surface area contributed by atoms with E-state index in [4.69, 9.17) is 9.47 Å². The number of nitrogens with zero attached hydrogens (tertiary/aromatic N) is 2. The molecule has 3 heterocycles. The number of fused-ring (bicyclic) bond motifs is 1. The van der Waals surface area contributed by atoms with Gasteiger partial charge in [0.1, 0.15) is 18.2 Å². The quantitative estimate of drug-likeness (QED) is 0.222. The average Bonchev–Trinajstić information content (AvgIpc) is 3.67. The van der Waals surface area contributed by atoms with Crippen LogP contribution in [-0.2, 0) is 28.7 Å². The van der Waals surface area contributed by atoms with E-state index in [1.54, 1.807) is 24.0 Å². The fourth-order valence-corrected chi connectivity index (χ4v) is 6.84. The molecule has 1 aromatic carbocycles. The van der Waals surface area contributed by atoms with Crippen LogP contribution in [0.5, 0.6) is 0 Å². The number of amides is 3. The maximum Gasteiger partial charge on any atom is 0.306 e. The molecule has 7 atom stereocenters. The van der Waals surface area contributed by atoms with Gasteiger partial charge in [-0.15, -0.1) is 13.2 Å². The summed E-state index contributed by atoms with van der Waals surface area (Å²) in [5.41, 5.74) is -0.418. The van der Waals surface area contributed by atoms with E-state index in [1.807, 2.05) is 37.3 Å². The Balaban J connectivity index is 1.62. The Kier molecular flexibility index (Phi) is 10.8. The number of carbonyl (C=O) groups is 4. The predicted molar refractivity (Wildman–Crippen MR) is 160 cm³/mol. The van der Waals surface area contributed by atoms with Gasteiger partial charge >= 0.3 is 5.97 Å². The first-order valence-electron chi connectivity index (χ1n) is 15.4. The first-order valence-corrected chi connectivity index (χ1v) is 15.4. The van der Waals surface area contributed by atoms with Crippen molar-refractivity contribution >= 4 is 23.7 Å². The minimum Gasteiger partial charge on any atom is -0.463 e. The number of aliphatic hydroxyl groups is 1. The number of allylic oxidation sites excluding steroid dienone is 1. The highest BCUT2D eigenvalue weighted by atomic mass is 16.5. The van der Waals surface area contributed by atoms with Gasteiger partial charge in [-0.1, -0.05) is 55.8 Å². The second-order valence-corrected chi connectivity index (χ2v) is 11.7. The zero-order valence-electron chi connectivity index (χ0n) is 25.3. The topological polar surface area (TPSA) is 125 Å². The number of benzene rings is 1. The molecule has 0 aliphatic carbocycles. The minimum absolute atomic E-state index is 0.0730. The third-order valence-electron chi connectivity index (χ3n) is 8.94. The fraction of sp³-hybridized carbons (Fsp3) is 0.576. The minimum atomic E-state index is -1.17. The molecular weight excluding hydrogens is 550 g/mol. The van der Waals surface area contributed by atoms with E-state index in [0.717, 1.165) is 18.4 Å². The number of aliphatic hydroxyl groups excluding tert-OH is 1. The number of rotatable bonds is 16. The van der Waals surface area contributed by atoms with Crippen LogP contribution in [-0.4, -0.2) is 88.7 Å². The summed E-state index contributed by atoms with van der Waals surface area (Å²) in [6, 6.07) is 6.96. The van der Waals surface area contributed by atoms with Gasteiger partial charge in [0.2, 0.25) is 17.7 Å². The van der Waals surface area contributed by atoms with Crippen molar-refractivity contribution < 1.29 is 33.8 Å². The molecule has 10 nitrogen and oxygen atoms in total. The SMILES string of the molecule is C=CCCC(=O)OC[C@@H](NC(=O)[C@@H]1[C@@H]2CC[C@]3(O2)[C@H](C(=O)N(CC=C)CCCC)N([C@H](C)CO)C(=O)[C@@H]13)c1ccccc1. The Hall–Kier alpha value is -3.50. The van der Waals surface area contributed by atoms with Gasteiger partial charge < -0.3 is 29.7 Å². The number of ether oxygens (including phenoxy) is 2. The van der Waals surface area contributed by atoms with Gasteiger partial charge in [0, 0.05) is 19.5 Å². The molecule has 4 rings (SSSR count). The molecule has 1 spiro atoms. The van der Waals surface area contributed by atoms with Crippen LogP contribution in [0.25, 0.3) is 0 Å². The largest absolute Gasteiger partial charge is 0.463 e. The lowest BCUT2D eigenvalue weighted by Gasteiger charge is -2.38. The van der Waals surface area contributed by atoms with Crippen LogP contribution in [0.1, 0.15) is 64.0 Å². The van der Waals surface area contributed by atoms with Crippen molar-refractivity contribution in [1.82, 2.24) is 15.1 Å². The zero-order chi connectivity index (χ0) is 31.1. The van der Waals surface area contributed by atoms with Gasteiger partial charge in [0.15, 0.2) is 0 Å². The molecular formula is C33H45N3O7. The second-order valence-electron chi connectivity index (χ2n) is 11.7. The molecule has 3 aliphatic heterocycles. The molecule has 234 valence electrons. The van der Waals surface area contributed by atoms with Crippen molar-refractivity contribution in [2.24, 2.45) is 11.8 Å². The first-order chi connectivity index (χ1) is 20.7. The monoisotopic (exact) mass is 595 g/mol. The maximum absolute atomic E-state index is 14.2. The van der Waals surface area contributed by atoms with Crippen molar-refractivity contribution in [3.8, 4) is 0 Å². The van der Waals surface area contributed by atoms with Crippen LogP contribution in [0.15, 0.2) is 55.6 Å². The van der Waals surface area contributed by atoms with Crippen LogP contribution in [0.3, 0.4) is 0 Å². The molecule has 3 fully saturated rings. The van der Waals surface area contributed by atoms with Gasteiger partial charge in [0.25, 0.3) is 0 Å². The Bertz CT molecular complexity index is 1190. The van der Waals surface area contributed by atoms with E-state index >= 15 is 0 Å². The van der Waals surface area contributed by atoms with Gasteiger partial charge in [-0.25, -0.2) is 0 Å². The summed E-state index contributed by atoms with van der Waals surface area (Å²) in [5, 5.41) is 13.1. The van der Waals surface area contributed by atoms with E-state index in [-0.39, 0.29) is 37.4 Å². The molecule has 0 aromatic heterocycles. The van der Waals surface area contributed by atoms with Gasteiger partial charge in [0.05, 0.1) is 36.6 Å². The molecule has 10 heteroatoms. The summed E-state index contributed by atoms with van der Waals surface area (Å²) < 4.78 is 12.0. The van der Waals surface area contributed by atoms with Crippen LogP contribution in [0.4, 0.5) is 0 Å². The summed E-state index contributed by atoms with van der Waals surface area (Å²) in [7, 11) is 0. The smallest absolute Gasteiger partial charge is 0.306 e. The number of nitrogens with one attached hydrogen (secondary N) is 1. The Morgan fingerprint density at radius 3 is 2.65 bits per heavy atom. The van der Waals surface area contributed by atoms with E-state index in [2.05, 4.69) is 18.5 Å². The second kappa shape index (κ2) is 14.3. The number of likely N-dealkylation sites (tertiary alicyclic amines) is 1. The molecule has 1 aromatic rings. The molecule has 3 aliphatic rings. The molecule has 3 saturated heterocycles. The lowest BCUT2D eigenvalue weighted by Crippen LogP contribution is -2.58. The normalized spacial score (nSPS) is 26.9. The van der Waals surface area contributed by atoms with Crippen LogP contribution >= 0.6 is 0 Å². The summed E-state index contributed by atoms with van der Waals surface area (Å²) in [6.07, 6.45) is 6.10. The van der Waals surface area contributed by atoms with Crippen LogP contribution < -0.4 is 5.32 Å². The first kappa shape index (κ1) is 32.4. The molecule has 2 N–H and O–H groups in total. The highest BCUT2D eigenvalue weighted by Crippen LogP contribution is 2.59. The third-order valence-corrected chi connectivity index (χ3v) is 8.94. The lowest BCUT2D eigenvalue weighted by atomic mass is 9.70. The number of hydrogen-bond acceptors (Lipinski definition) is 7. The number of hydrogen-bond donors (Lipinski definition) is 2. The molecule has 0 unspecified atom stereocenters.